The number of aryl methyl sites for hydroxylation is 1. The summed E-state index contributed by atoms with van der Waals surface area (Å²) in [7, 11) is -3.65. The van der Waals surface area contributed by atoms with Crippen LogP contribution in [0.3, 0.4) is 0 Å². The van der Waals surface area contributed by atoms with Crippen LogP contribution in [0.5, 0.6) is 0 Å². The molecule has 2 aromatic carbocycles. The van der Waals surface area contributed by atoms with Crippen molar-refractivity contribution in [3.63, 3.8) is 0 Å². The van der Waals surface area contributed by atoms with E-state index in [2.05, 4.69) is 10.2 Å². The van der Waals surface area contributed by atoms with Gasteiger partial charge in [0.05, 0.1) is 6.10 Å². The molecule has 0 radical (unpaired) electrons. The number of hydrogen-bond donors (Lipinski definition) is 1. The van der Waals surface area contributed by atoms with E-state index in [1.165, 1.54) is 10.4 Å². The van der Waals surface area contributed by atoms with Crippen molar-refractivity contribution in [3.05, 3.63) is 87.0 Å². The number of aromatic nitrogens is 2. The van der Waals surface area contributed by atoms with Crippen molar-refractivity contribution >= 4 is 10.0 Å². The molecule has 3 atom stereocenters. The molecule has 1 N–H and O–H groups in total. The Morgan fingerprint density at radius 1 is 1.23 bits per heavy atom. The van der Waals surface area contributed by atoms with E-state index in [0.717, 1.165) is 5.56 Å². The molecule has 4 rings (SSSR count). The Hall–Kier alpha value is -2.82. The third-order valence-electron chi connectivity index (χ3n) is 6.35. The van der Waals surface area contributed by atoms with Crippen molar-refractivity contribution in [2.24, 2.45) is 0 Å². The molecule has 35 heavy (non-hydrogen) atoms. The average molecular weight is 504 g/mol. The summed E-state index contributed by atoms with van der Waals surface area (Å²) in [6.07, 6.45) is -0.0715. The maximum atomic E-state index is 15.4. The molecule has 0 bridgehead atoms. The molecule has 8 nitrogen and oxygen atoms in total. The molecule has 10 heteroatoms. The molecule has 1 aromatic heterocycles. The second kappa shape index (κ2) is 10.0. The molecular formula is C25H30FN3O5S. The lowest BCUT2D eigenvalue weighted by Crippen LogP contribution is -2.44. The lowest BCUT2D eigenvalue weighted by Gasteiger charge is -2.37. The van der Waals surface area contributed by atoms with Gasteiger partial charge in [0.25, 0.3) is 5.89 Å². The maximum absolute atomic E-state index is 15.4. The van der Waals surface area contributed by atoms with E-state index in [4.69, 9.17) is 9.15 Å². The second-order valence-electron chi connectivity index (χ2n) is 9.23. The SMILES string of the molecule is Cc1cc([C@H](OC(C)C)c2n[nH]c(=O)o2)c(F)cc1CN1[C@@H](C)CC[C@H](c2ccccc2)S1(=O)=O. The highest BCUT2D eigenvalue weighted by molar-refractivity contribution is 7.89. The molecule has 0 spiro atoms. The monoisotopic (exact) mass is 503 g/mol. The zero-order valence-corrected chi connectivity index (χ0v) is 21.0. The van der Waals surface area contributed by atoms with Gasteiger partial charge in [-0.05, 0) is 69.4 Å². The van der Waals surface area contributed by atoms with Crippen LogP contribution in [0.25, 0.3) is 0 Å². The second-order valence-corrected chi connectivity index (χ2v) is 11.3. The molecular weight excluding hydrogens is 473 g/mol. The third kappa shape index (κ3) is 5.24. The number of halogens is 1. The van der Waals surface area contributed by atoms with Crippen LogP contribution in [0, 0.1) is 12.7 Å². The highest BCUT2D eigenvalue weighted by Crippen LogP contribution is 2.39. The van der Waals surface area contributed by atoms with Gasteiger partial charge >= 0.3 is 5.76 Å². The van der Waals surface area contributed by atoms with Crippen LogP contribution in [0.4, 0.5) is 4.39 Å². The number of rotatable bonds is 7. The number of sulfonamides is 1. The Labute approximate surface area is 204 Å². The maximum Gasteiger partial charge on any atom is 0.434 e. The Morgan fingerprint density at radius 3 is 2.57 bits per heavy atom. The standard InChI is InChI=1S/C25H30FN3O5S/c1-15(2)33-23(24-27-28-25(30)34-24)20-12-16(3)19(13-21(20)26)14-29-17(4)10-11-22(35(29,31)32)18-8-6-5-7-9-18/h5-9,12-13,15,17,22-23H,10-11,14H2,1-4H3,(H,28,30)/t17-,22+,23-/m0/s1. The van der Waals surface area contributed by atoms with Crippen LogP contribution < -0.4 is 5.76 Å². The number of aromatic amines is 1. The molecule has 0 amide bonds. The average Bonchev–Trinajstić information content (AvgIpc) is 3.23. The van der Waals surface area contributed by atoms with E-state index in [0.29, 0.717) is 24.0 Å². The molecule has 3 aromatic rings. The minimum absolute atomic E-state index is 0.0586. The van der Waals surface area contributed by atoms with Crippen LogP contribution in [-0.2, 0) is 21.3 Å². The molecule has 0 unspecified atom stereocenters. The van der Waals surface area contributed by atoms with Gasteiger partial charge in [0.15, 0.2) is 6.10 Å². The zero-order valence-electron chi connectivity index (χ0n) is 20.2. The van der Waals surface area contributed by atoms with Gasteiger partial charge in [-0.25, -0.2) is 22.7 Å². The number of ether oxygens (including phenoxy) is 1. The summed E-state index contributed by atoms with van der Waals surface area (Å²) >= 11 is 0. The first-order valence-corrected chi connectivity index (χ1v) is 13.1. The van der Waals surface area contributed by atoms with Gasteiger partial charge in [-0.1, -0.05) is 30.3 Å². The summed E-state index contributed by atoms with van der Waals surface area (Å²) in [5.74, 6) is -1.43. The summed E-state index contributed by atoms with van der Waals surface area (Å²) in [6.45, 7) is 7.29. The number of hydrogen-bond acceptors (Lipinski definition) is 6. The van der Waals surface area contributed by atoms with Gasteiger partial charge in [0.1, 0.15) is 11.1 Å². The lowest BCUT2D eigenvalue weighted by molar-refractivity contribution is 0.0131. The highest BCUT2D eigenvalue weighted by Gasteiger charge is 2.40. The third-order valence-corrected chi connectivity index (χ3v) is 8.72. The zero-order chi connectivity index (χ0) is 25.3. The largest absolute Gasteiger partial charge is 0.434 e. The van der Waals surface area contributed by atoms with E-state index in [9.17, 15) is 13.2 Å². The molecule has 1 aliphatic heterocycles. The van der Waals surface area contributed by atoms with E-state index in [-0.39, 0.29) is 30.1 Å². The Bertz CT molecular complexity index is 1340. The summed E-state index contributed by atoms with van der Waals surface area (Å²) in [5, 5.41) is 5.36. The summed E-state index contributed by atoms with van der Waals surface area (Å²) in [5.41, 5.74) is 2.17. The fourth-order valence-electron chi connectivity index (χ4n) is 4.53. The number of nitrogens with zero attached hydrogens (tertiary/aromatic N) is 2. The van der Waals surface area contributed by atoms with E-state index in [1.807, 2.05) is 37.3 Å². The van der Waals surface area contributed by atoms with E-state index >= 15 is 4.39 Å². The van der Waals surface area contributed by atoms with Gasteiger partial charge in [-0.2, -0.15) is 4.31 Å². The lowest BCUT2D eigenvalue weighted by atomic mass is 9.99. The van der Waals surface area contributed by atoms with Crippen molar-refractivity contribution < 1.29 is 22.0 Å². The number of nitrogens with one attached hydrogen (secondary N) is 1. The van der Waals surface area contributed by atoms with Gasteiger partial charge in [-0.15, -0.1) is 5.10 Å². The quantitative estimate of drug-likeness (QED) is 0.513. The van der Waals surface area contributed by atoms with Crippen molar-refractivity contribution in [2.75, 3.05) is 0 Å². The van der Waals surface area contributed by atoms with Gasteiger partial charge in [0.2, 0.25) is 10.0 Å². The predicted octanol–water partition coefficient (Wildman–Crippen LogP) is 4.38. The van der Waals surface area contributed by atoms with Crippen LogP contribution >= 0.6 is 0 Å². The van der Waals surface area contributed by atoms with Crippen molar-refractivity contribution in [1.29, 1.82) is 0 Å². The molecule has 1 aliphatic rings. The molecule has 0 aliphatic carbocycles. The Balaban J connectivity index is 1.67. The minimum atomic E-state index is -3.65. The van der Waals surface area contributed by atoms with E-state index < -0.39 is 33.0 Å². The van der Waals surface area contributed by atoms with Crippen LogP contribution in [0.2, 0.25) is 0 Å². The minimum Gasteiger partial charge on any atom is -0.389 e. The summed E-state index contributed by atoms with van der Waals surface area (Å²) < 4.78 is 54.9. The first-order chi connectivity index (χ1) is 16.6. The molecule has 2 heterocycles. The summed E-state index contributed by atoms with van der Waals surface area (Å²) in [4.78, 5) is 11.5. The smallest absolute Gasteiger partial charge is 0.389 e. The predicted molar refractivity (Wildman–Crippen MR) is 129 cm³/mol. The summed E-state index contributed by atoms with van der Waals surface area (Å²) in [6, 6.07) is 11.9. The van der Waals surface area contributed by atoms with Crippen LogP contribution in [0.1, 0.15) is 73.1 Å². The topological polar surface area (TPSA) is 106 Å². The normalized spacial score (nSPS) is 21.3. The van der Waals surface area contributed by atoms with Gasteiger partial charge in [0, 0.05) is 18.2 Å². The van der Waals surface area contributed by atoms with Crippen molar-refractivity contribution in [2.45, 2.75) is 70.6 Å². The Kier molecular flexibility index (Phi) is 7.25. The fraction of sp³-hybridized carbons (Fsp3) is 0.440. The van der Waals surface area contributed by atoms with Gasteiger partial charge in [-0.3, -0.25) is 0 Å². The van der Waals surface area contributed by atoms with Crippen LogP contribution in [-0.4, -0.2) is 35.1 Å². The number of H-pyrrole nitrogens is 1. The first-order valence-electron chi connectivity index (χ1n) is 11.6. The van der Waals surface area contributed by atoms with Gasteiger partial charge < -0.3 is 9.15 Å². The molecule has 0 saturated carbocycles. The number of benzene rings is 2. The van der Waals surface area contributed by atoms with Crippen molar-refractivity contribution in [1.82, 2.24) is 14.5 Å². The van der Waals surface area contributed by atoms with Crippen molar-refractivity contribution in [3.8, 4) is 0 Å². The fourth-order valence-corrected chi connectivity index (χ4v) is 6.71. The molecule has 188 valence electrons. The molecule has 1 fully saturated rings. The van der Waals surface area contributed by atoms with E-state index in [1.54, 1.807) is 26.8 Å². The first kappa shape index (κ1) is 25.3. The van der Waals surface area contributed by atoms with Crippen LogP contribution in [0.15, 0.2) is 51.7 Å². The highest BCUT2D eigenvalue weighted by atomic mass is 32.2. The Morgan fingerprint density at radius 2 is 1.94 bits per heavy atom. The molecule has 1 saturated heterocycles.